The van der Waals surface area contributed by atoms with Gasteiger partial charge in [-0.3, -0.25) is 9.59 Å². The van der Waals surface area contributed by atoms with E-state index in [1.807, 2.05) is 29.5 Å². The van der Waals surface area contributed by atoms with E-state index in [2.05, 4.69) is 10.1 Å². The van der Waals surface area contributed by atoms with Crippen molar-refractivity contribution in [2.45, 2.75) is 58.8 Å². The molecule has 0 saturated carbocycles. The monoisotopic (exact) mass is 533 g/mol. The molecule has 0 aliphatic carbocycles. The van der Waals surface area contributed by atoms with Gasteiger partial charge in [0, 0.05) is 0 Å². The molecule has 30 heavy (non-hydrogen) atoms. The lowest BCUT2D eigenvalue weighted by atomic mass is 10.0. The summed E-state index contributed by atoms with van der Waals surface area (Å²) in [6, 6.07) is 3.50. The highest BCUT2D eigenvalue weighted by Gasteiger charge is 2.61. The number of halogens is 2. The SMILES string of the molecule is Cc1ncnn2c([C@@H]3O[C@](F)(CI)[C@@H](OC(=O)C(C)C)[C@H]3OC(=O)C(C)C)ccc12. The Hall–Kier alpha value is -1.82. The molecule has 0 bridgehead atoms. The molecule has 1 aliphatic rings. The first-order valence-electron chi connectivity index (χ1n) is 9.72. The zero-order valence-electron chi connectivity index (χ0n) is 17.5. The van der Waals surface area contributed by atoms with Crippen LogP contribution in [0.5, 0.6) is 0 Å². The molecule has 3 heterocycles. The standard InChI is InChI=1S/C20H25FIN3O5/c1-10(2)18(26)28-16-15(14-7-6-13-12(5)23-9-24-25(13)14)30-20(21,8-22)17(16)29-19(27)11(3)4/h6-7,9-11,15-17H,8H2,1-5H3/t15-,16-,17-,20+/m0/s1. The summed E-state index contributed by atoms with van der Waals surface area (Å²) in [4.78, 5) is 28.9. The Morgan fingerprint density at radius 1 is 1.23 bits per heavy atom. The van der Waals surface area contributed by atoms with E-state index in [1.165, 1.54) is 6.33 Å². The number of carbonyl (C=O) groups is 2. The highest BCUT2D eigenvalue weighted by atomic mass is 127. The zero-order chi connectivity index (χ0) is 22.2. The van der Waals surface area contributed by atoms with E-state index in [4.69, 9.17) is 14.2 Å². The van der Waals surface area contributed by atoms with Crippen LogP contribution in [0.4, 0.5) is 4.39 Å². The molecule has 0 amide bonds. The Kier molecular flexibility index (Phi) is 6.66. The van der Waals surface area contributed by atoms with E-state index in [0.717, 1.165) is 5.69 Å². The molecule has 0 aromatic carbocycles. The topological polar surface area (TPSA) is 92.0 Å². The van der Waals surface area contributed by atoms with E-state index < -0.39 is 47.9 Å². The van der Waals surface area contributed by atoms with E-state index in [-0.39, 0.29) is 4.43 Å². The van der Waals surface area contributed by atoms with Crippen molar-refractivity contribution >= 4 is 40.0 Å². The first kappa shape index (κ1) is 22.9. The van der Waals surface area contributed by atoms with E-state index in [9.17, 15) is 9.59 Å². The maximum Gasteiger partial charge on any atom is 0.308 e. The van der Waals surface area contributed by atoms with Gasteiger partial charge in [-0.25, -0.2) is 13.9 Å². The maximum atomic E-state index is 15.8. The molecule has 0 spiro atoms. The quantitative estimate of drug-likeness (QED) is 0.320. The van der Waals surface area contributed by atoms with Gasteiger partial charge in [-0.05, 0) is 19.1 Å². The van der Waals surface area contributed by atoms with Gasteiger partial charge in [0.05, 0.1) is 33.2 Å². The third-order valence-electron chi connectivity index (χ3n) is 4.93. The van der Waals surface area contributed by atoms with Crippen molar-refractivity contribution in [1.29, 1.82) is 0 Å². The van der Waals surface area contributed by atoms with Crippen LogP contribution in [0.3, 0.4) is 0 Å². The molecule has 4 atom stereocenters. The molecule has 8 nitrogen and oxygen atoms in total. The molecule has 3 rings (SSSR count). The number of carbonyl (C=O) groups excluding carboxylic acids is 2. The van der Waals surface area contributed by atoms with Crippen molar-refractivity contribution in [2.24, 2.45) is 11.8 Å². The summed E-state index contributed by atoms with van der Waals surface area (Å²) in [7, 11) is 0. The number of esters is 2. The molecule has 164 valence electrons. The summed E-state index contributed by atoms with van der Waals surface area (Å²) in [5, 5.41) is 4.24. The van der Waals surface area contributed by atoms with Crippen LogP contribution in [0.25, 0.3) is 5.52 Å². The second-order valence-electron chi connectivity index (χ2n) is 7.93. The largest absolute Gasteiger partial charge is 0.455 e. The molecule has 0 radical (unpaired) electrons. The van der Waals surface area contributed by atoms with Gasteiger partial charge >= 0.3 is 11.9 Å². The number of aryl methyl sites for hydroxylation is 1. The molecule has 10 heteroatoms. The molecule has 1 saturated heterocycles. The predicted molar refractivity (Wildman–Crippen MR) is 114 cm³/mol. The van der Waals surface area contributed by atoms with Crippen LogP contribution in [0.1, 0.15) is 45.2 Å². The van der Waals surface area contributed by atoms with E-state index in [1.54, 1.807) is 44.3 Å². The summed E-state index contributed by atoms with van der Waals surface area (Å²) in [5.41, 5.74) is 1.92. The Bertz CT molecular complexity index is 950. The normalized spacial score (nSPS) is 26.5. The number of aromatic nitrogens is 3. The van der Waals surface area contributed by atoms with Gasteiger partial charge in [0.15, 0.2) is 6.10 Å². The minimum Gasteiger partial charge on any atom is -0.455 e. The predicted octanol–water partition coefficient (Wildman–Crippen LogP) is 3.35. The molecule has 1 aliphatic heterocycles. The molecule has 2 aromatic heterocycles. The molecule has 2 aromatic rings. The number of hydrogen-bond donors (Lipinski definition) is 0. The molecule has 1 fully saturated rings. The van der Waals surface area contributed by atoms with Crippen molar-refractivity contribution in [1.82, 2.24) is 14.6 Å². The minimum absolute atomic E-state index is 0.121. The van der Waals surface area contributed by atoms with Gasteiger partial charge in [0.25, 0.3) is 5.85 Å². The fraction of sp³-hybridized carbons (Fsp3) is 0.600. The van der Waals surface area contributed by atoms with Crippen LogP contribution in [0.15, 0.2) is 18.5 Å². The van der Waals surface area contributed by atoms with Gasteiger partial charge in [0.2, 0.25) is 6.10 Å². The lowest BCUT2D eigenvalue weighted by molar-refractivity contribution is -0.190. The number of fused-ring (bicyclic) bond motifs is 1. The average Bonchev–Trinajstić information content (AvgIpc) is 3.23. The van der Waals surface area contributed by atoms with Gasteiger partial charge < -0.3 is 14.2 Å². The number of nitrogens with zero attached hydrogens (tertiary/aromatic N) is 3. The van der Waals surface area contributed by atoms with Crippen LogP contribution in [0.2, 0.25) is 0 Å². The summed E-state index contributed by atoms with van der Waals surface area (Å²) in [5.74, 6) is -4.39. The first-order chi connectivity index (χ1) is 14.1. The number of hydrogen-bond acceptors (Lipinski definition) is 7. The third-order valence-corrected chi connectivity index (χ3v) is 5.97. The average molecular weight is 533 g/mol. The fourth-order valence-electron chi connectivity index (χ4n) is 3.19. The van der Waals surface area contributed by atoms with Crippen molar-refractivity contribution in [3.63, 3.8) is 0 Å². The smallest absolute Gasteiger partial charge is 0.308 e. The number of rotatable bonds is 6. The zero-order valence-corrected chi connectivity index (χ0v) is 19.6. The van der Waals surface area contributed by atoms with Crippen molar-refractivity contribution in [3.8, 4) is 0 Å². The van der Waals surface area contributed by atoms with Crippen LogP contribution in [-0.2, 0) is 23.8 Å². The summed E-state index contributed by atoms with van der Waals surface area (Å²) >= 11 is 1.83. The van der Waals surface area contributed by atoms with Gasteiger partial charge in [-0.2, -0.15) is 5.10 Å². The second-order valence-corrected chi connectivity index (χ2v) is 8.69. The fourth-order valence-corrected chi connectivity index (χ4v) is 3.80. The van der Waals surface area contributed by atoms with Crippen LogP contribution in [-0.4, -0.2) is 49.0 Å². The Morgan fingerprint density at radius 3 is 2.47 bits per heavy atom. The second kappa shape index (κ2) is 8.74. The Labute approximate surface area is 187 Å². The van der Waals surface area contributed by atoms with Crippen molar-refractivity contribution < 1.29 is 28.2 Å². The molecule has 0 unspecified atom stereocenters. The summed E-state index contributed by atoms with van der Waals surface area (Å²) < 4.78 is 34.1. The molecular weight excluding hydrogens is 508 g/mol. The van der Waals surface area contributed by atoms with Gasteiger partial charge in [-0.1, -0.05) is 50.3 Å². The lowest BCUT2D eigenvalue weighted by Gasteiger charge is -2.27. The van der Waals surface area contributed by atoms with E-state index in [0.29, 0.717) is 11.2 Å². The van der Waals surface area contributed by atoms with Crippen LogP contribution < -0.4 is 0 Å². The number of ether oxygens (including phenoxy) is 3. The highest BCUT2D eigenvalue weighted by Crippen LogP contribution is 2.46. The molecule has 0 N–H and O–H groups in total. The highest BCUT2D eigenvalue weighted by molar-refractivity contribution is 14.1. The van der Waals surface area contributed by atoms with Crippen LogP contribution >= 0.6 is 22.6 Å². The lowest BCUT2D eigenvalue weighted by Crippen LogP contribution is -2.46. The summed E-state index contributed by atoms with van der Waals surface area (Å²) in [6.45, 7) is 8.47. The van der Waals surface area contributed by atoms with Gasteiger partial charge in [0.1, 0.15) is 12.4 Å². The van der Waals surface area contributed by atoms with Crippen molar-refractivity contribution in [2.75, 3.05) is 4.43 Å². The Balaban J connectivity index is 2.08. The number of alkyl halides is 2. The van der Waals surface area contributed by atoms with Crippen LogP contribution in [0, 0.1) is 18.8 Å². The van der Waals surface area contributed by atoms with E-state index >= 15 is 4.39 Å². The van der Waals surface area contributed by atoms with Crippen molar-refractivity contribution in [3.05, 3.63) is 29.8 Å². The van der Waals surface area contributed by atoms with Gasteiger partial charge in [-0.15, -0.1) is 0 Å². The summed E-state index contributed by atoms with van der Waals surface area (Å²) in [6.07, 6.45) is -2.22. The maximum absolute atomic E-state index is 15.8. The third kappa shape index (κ3) is 4.16. The Morgan fingerprint density at radius 2 is 1.87 bits per heavy atom. The minimum atomic E-state index is -2.33. The first-order valence-corrected chi connectivity index (χ1v) is 11.2. The molecular formula is C20H25FIN3O5.